The lowest BCUT2D eigenvalue weighted by atomic mass is 9.74. The molecule has 0 bridgehead atoms. The highest BCUT2D eigenvalue weighted by Crippen LogP contribution is 2.69. The standard InChI is InChI=1S/C105H66N2S3/c1-103(2)84-38-16-9-30-73(84)77-55-49-65(59-90(77)103)63-47-51-68(52-48-63)106(92-43-21-14-29-71(92)64-25-5-3-6-26-64)70-53-57-78-76-33-12-19-41-87(76)105(91(78)62-70)88-42-20-13-34-79(88)98-81-56-50-66(60-96(81)110-101(98)105)72-36-24-46-95-97(72)82-37-23-44-93(100(82)108-95)107(67-27-7-4-8-28-67)69-54-58-89-83(61-69)99-80-35-15-22-45-94(80)109-102(99)104(89)85-39-17-10-31-74(85)75-32-11-18-40-86(75)104/h3-62H,1-2H3. The van der Waals surface area contributed by atoms with Crippen molar-refractivity contribution in [3.63, 3.8) is 0 Å². The van der Waals surface area contributed by atoms with Crippen LogP contribution in [0.5, 0.6) is 0 Å². The van der Waals surface area contributed by atoms with E-state index in [1.54, 1.807) is 0 Å². The Kier molecular flexibility index (Phi) is 13.1. The maximum absolute atomic E-state index is 2.55. The Hall–Kier alpha value is -12.7. The summed E-state index contributed by atoms with van der Waals surface area (Å²) in [5.41, 5.74) is 36.9. The van der Waals surface area contributed by atoms with Crippen molar-refractivity contribution in [2.45, 2.75) is 30.1 Å². The van der Waals surface area contributed by atoms with E-state index in [0.717, 1.165) is 34.1 Å². The van der Waals surface area contributed by atoms with Crippen molar-refractivity contribution in [3.8, 4) is 89.0 Å². The summed E-state index contributed by atoms with van der Waals surface area (Å²) in [5.74, 6) is 0. The molecule has 5 aliphatic carbocycles. The molecule has 0 saturated carbocycles. The quantitative estimate of drug-likeness (QED) is 0.142. The Morgan fingerprint density at radius 1 is 0.227 bits per heavy atom. The maximum Gasteiger partial charge on any atom is 0.0820 e. The van der Waals surface area contributed by atoms with Gasteiger partial charge in [-0.25, -0.2) is 0 Å². The van der Waals surface area contributed by atoms with E-state index >= 15 is 0 Å². The molecule has 3 aromatic heterocycles. The predicted molar refractivity (Wildman–Crippen MR) is 466 cm³/mol. The van der Waals surface area contributed by atoms with Crippen LogP contribution in [0, 0.1) is 0 Å². The van der Waals surface area contributed by atoms with Gasteiger partial charge in [0, 0.05) is 90.3 Å². The minimum absolute atomic E-state index is 0.0957. The Morgan fingerprint density at radius 2 is 0.682 bits per heavy atom. The molecule has 0 saturated heterocycles. The van der Waals surface area contributed by atoms with E-state index in [4.69, 9.17) is 0 Å². The average molecular weight is 1450 g/mol. The number of hydrogen-bond acceptors (Lipinski definition) is 5. The molecule has 19 aromatic rings. The normalized spacial score (nSPS) is 15.0. The van der Waals surface area contributed by atoms with Crippen molar-refractivity contribution < 1.29 is 0 Å². The molecule has 2 nitrogen and oxygen atoms in total. The van der Waals surface area contributed by atoms with E-state index < -0.39 is 10.8 Å². The van der Waals surface area contributed by atoms with E-state index in [2.05, 4.69) is 388 Å². The molecule has 3 heterocycles. The number of benzene rings is 16. The van der Waals surface area contributed by atoms with Crippen molar-refractivity contribution >= 4 is 108 Å². The zero-order chi connectivity index (χ0) is 72.3. The lowest BCUT2D eigenvalue weighted by Gasteiger charge is -2.32. The van der Waals surface area contributed by atoms with Crippen molar-refractivity contribution in [1.29, 1.82) is 0 Å². The van der Waals surface area contributed by atoms with Gasteiger partial charge in [-0.05, 0) is 202 Å². The summed E-state index contributed by atoms with van der Waals surface area (Å²) < 4.78 is 5.14. The van der Waals surface area contributed by atoms with Gasteiger partial charge in [0.1, 0.15) is 0 Å². The summed E-state index contributed by atoms with van der Waals surface area (Å²) in [5, 5.41) is 5.15. The minimum atomic E-state index is -0.592. The molecule has 16 aromatic carbocycles. The zero-order valence-electron chi connectivity index (χ0n) is 60.3. The number of anilines is 6. The first-order chi connectivity index (χ1) is 54.3. The molecule has 0 radical (unpaired) electrons. The Bertz CT molecular complexity index is 7100. The second-order valence-corrected chi connectivity index (χ2v) is 33.9. The molecule has 110 heavy (non-hydrogen) atoms. The van der Waals surface area contributed by atoms with E-state index in [1.165, 1.54) is 184 Å². The third kappa shape index (κ3) is 8.36. The van der Waals surface area contributed by atoms with E-state index in [9.17, 15) is 0 Å². The maximum atomic E-state index is 2.55. The molecule has 0 N–H and O–H groups in total. The van der Waals surface area contributed by atoms with Crippen LogP contribution in [0.15, 0.2) is 364 Å². The number of nitrogens with zero attached hydrogens (tertiary/aromatic N) is 2. The third-order valence-corrected chi connectivity index (χ3v) is 28.8. The highest BCUT2D eigenvalue weighted by molar-refractivity contribution is 7.26. The third-order valence-electron chi connectivity index (χ3n) is 25.1. The van der Waals surface area contributed by atoms with Gasteiger partial charge in [0.25, 0.3) is 0 Å². The van der Waals surface area contributed by atoms with Gasteiger partial charge in [-0.15, -0.1) is 34.0 Å². The van der Waals surface area contributed by atoms with Crippen LogP contribution in [-0.2, 0) is 16.2 Å². The van der Waals surface area contributed by atoms with Gasteiger partial charge < -0.3 is 9.80 Å². The molecule has 0 amide bonds. The van der Waals surface area contributed by atoms with Crippen LogP contribution in [0.4, 0.5) is 34.1 Å². The van der Waals surface area contributed by atoms with E-state index in [-0.39, 0.29) is 5.41 Å². The summed E-state index contributed by atoms with van der Waals surface area (Å²) in [7, 11) is 0. The summed E-state index contributed by atoms with van der Waals surface area (Å²) in [6.45, 7) is 4.74. The molecule has 24 rings (SSSR count). The van der Waals surface area contributed by atoms with Gasteiger partial charge >= 0.3 is 0 Å². The molecular weight excluding hydrogens is 1390 g/mol. The molecule has 2 spiro atoms. The molecule has 0 aliphatic heterocycles. The molecule has 514 valence electrons. The van der Waals surface area contributed by atoms with Crippen molar-refractivity contribution in [3.05, 3.63) is 418 Å². The van der Waals surface area contributed by atoms with E-state index in [1.807, 2.05) is 34.0 Å². The fourth-order valence-corrected chi connectivity index (χ4v) is 24.6. The van der Waals surface area contributed by atoms with Gasteiger partial charge in [0.2, 0.25) is 0 Å². The summed E-state index contributed by atoms with van der Waals surface area (Å²) >= 11 is 5.86. The van der Waals surface area contributed by atoms with Crippen molar-refractivity contribution in [2.75, 3.05) is 9.80 Å². The fourth-order valence-electron chi connectivity index (χ4n) is 20.5. The smallest absolute Gasteiger partial charge is 0.0820 e. The summed E-state index contributed by atoms with van der Waals surface area (Å²) in [6, 6.07) is 138. The lowest BCUT2D eigenvalue weighted by molar-refractivity contribution is 0.660. The molecule has 0 fully saturated rings. The molecular formula is C105H66N2S3. The first-order valence-electron chi connectivity index (χ1n) is 38.2. The largest absolute Gasteiger partial charge is 0.310 e. The van der Waals surface area contributed by atoms with Gasteiger partial charge in [-0.3, -0.25) is 0 Å². The van der Waals surface area contributed by atoms with Crippen LogP contribution >= 0.6 is 34.0 Å². The minimum Gasteiger partial charge on any atom is -0.310 e. The van der Waals surface area contributed by atoms with Gasteiger partial charge in [-0.1, -0.05) is 293 Å². The zero-order valence-corrected chi connectivity index (χ0v) is 62.7. The second-order valence-electron chi connectivity index (χ2n) is 30.8. The van der Waals surface area contributed by atoms with Crippen LogP contribution in [0.25, 0.3) is 129 Å². The molecule has 1 atom stereocenters. The van der Waals surface area contributed by atoms with E-state index in [0.29, 0.717) is 0 Å². The van der Waals surface area contributed by atoms with Crippen LogP contribution in [0.2, 0.25) is 0 Å². The average Bonchev–Trinajstić information content (AvgIpc) is 1.50. The number of thiophene rings is 3. The topological polar surface area (TPSA) is 6.48 Å². The van der Waals surface area contributed by atoms with Crippen LogP contribution in [0.1, 0.15) is 68.1 Å². The molecule has 5 heteroatoms. The number of fused-ring (bicyclic) bond motifs is 30. The first-order valence-corrected chi connectivity index (χ1v) is 40.6. The fraction of sp³-hybridized carbons (Fsp3) is 0.0476. The molecule has 1 unspecified atom stereocenters. The first kappa shape index (κ1) is 62.3. The van der Waals surface area contributed by atoms with Gasteiger partial charge in [0.15, 0.2) is 0 Å². The summed E-state index contributed by atoms with van der Waals surface area (Å²) in [4.78, 5) is 7.83. The van der Waals surface area contributed by atoms with Crippen LogP contribution in [-0.4, -0.2) is 0 Å². The monoisotopic (exact) mass is 1450 g/mol. The predicted octanol–water partition coefficient (Wildman–Crippen LogP) is 29.4. The lowest BCUT2D eigenvalue weighted by Crippen LogP contribution is -2.25. The van der Waals surface area contributed by atoms with Gasteiger partial charge in [-0.2, -0.15) is 0 Å². The highest BCUT2D eigenvalue weighted by Gasteiger charge is 2.55. The van der Waals surface area contributed by atoms with Crippen LogP contribution in [0.3, 0.4) is 0 Å². The number of para-hydroxylation sites is 2. The van der Waals surface area contributed by atoms with Crippen LogP contribution < -0.4 is 9.80 Å². The van der Waals surface area contributed by atoms with Gasteiger partial charge in [0.05, 0.1) is 26.9 Å². The Labute approximate surface area is 650 Å². The van der Waals surface area contributed by atoms with Crippen molar-refractivity contribution in [2.24, 2.45) is 0 Å². The highest BCUT2D eigenvalue weighted by atomic mass is 32.1. The SMILES string of the molecule is CC1(C)c2ccccc2-c2ccc(-c3ccc(N(c4ccc5c(c4)C4(c6ccccc6-5)c5ccccc5-c5c4sc4cc(-c6cccc7sc8c(N(c9ccccc9)c9ccc%10c(c9)-c9c(sc%11ccccc9%11)C%109c%10ccccc%10-c%10ccccc%109)cccc8c67)ccc54)c4ccccc4-c4ccccc4)cc3)cc21. The Balaban J connectivity index is 0.648. The number of hydrogen-bond donors (Lipinski definition) is 0. The Morgan fingerprint density at radius 3 is 1.42 bits per heavy atom. The molecule has 5 aliphatic rings. The summed E-state index contributed by atoms with van der Waals surface area (Å²) in [6.07, 6.45) is 0. The number of rotatable bonds is 9. The second kappa shape index (κ2) is 23.1. The van der Waals surface area contributed by atoms with Crippen molar-refractivity contribution in [1.82, 2.24) is 0 Å².